The Morgan fingerprint density at radius 2 is 1.57 bits per heavy atom. The zero-order valence-corrected chi connectivity index (χ0v) is 15.6. The number of carbonyl (C=O) groups is 3. The van der Waals surface area contributed by atoms with Gasteiger partial charge in [0, 0.05) is 25.5 Å². The highest BCUT2D eigenvalue weighted by molar-refractivity contribution is 5.93. The highest BCUT2D eigenvalue weighted by Crippen LogP contribution is 2.12. The zero-order chi connectivity index (χ0) is 20.2. The van der Waals surface area contributed by atoms with Gasteiger partial charge in [0.25, 0.3) is 5.91 Å². The van der Waals surface area contributed by atoms with E-state index in [0.29, 0.717) is 6.54 Å². The summed E-state index contributed by atoms with van der Waals surface area (Å²) in [4.78, 5) is 35.2. The van der Waals surface area contributed by atoms with E-state index in [0.717, 1.165) is 16.9 Å². The third-order valence-corrected chi connectivity index (χ3v) is 3.78. The van der Waals surface area contributed by atoms with Crippen LogP contribution in [0.15, 0.2) is 60.7 Å². The number of methoxy groups -OCH3 is 1. The molecule has 2 aromatic carbocycles. The molecule has 2 rings (SSSR count). The van der Waals surface area contributed by atoms with Crippen molar-refractivity contribution < 1.29 is 19.1 Å². The van der Waals surface area contributed by atoms with Crippen molar-refractivity contribution in [1.82, 2.24) is 16.2 Å². The molecule has 7 nitrogen and oxygen atoms in total. The number of nitrogens with one attached hydrogen (secondary N) is 3. The van der Waals surface area contributed by atoms with Crippen LogP contribution in [0.25, 0.3) is 6.08 Å². The molecule has 0 radical (unpaired) electrons. The van der Waals surface area contributed by atoms with E-state index in [2.05, 4.69) is 16.2 Å². The van der Waals surface area contributed by atoms with Crippen molar-refractivity contribution >= 4 is 23.8 Å². The number of ether oxygens (including phenoxy) is 1. The van der Waals surface area contributed by atoms with Crippen molar-refractivity contribution in [2.75, 3.05) is 7.11 Å². The quantitative estimate of drug-likeness (QED) is 0.481. The summed E-state index contributed by atoms with van der Waals surface area (Å²) in [5.74, 6) is -0.426. The number of rotatable bonds is 8. The molecule has 2 aromatic rings. The topological polar surface area (TPSA) is 96.5 Å². The van der Waals surface area contributed by atoms with Crippen LogP contribution in [0.1, 0.15) is 24.0 Å². The Balaban J connectivity index is 1.63. The second-order valence-electron chi connectivity index (χ2n) is 5.91. The first-order valence-electron chi connectivity index (χ1n) is 8.78. The Morgan fingerprint density at radius 3 is 2.25 bits per heavy atom. The molecule has 0 bridgehead atoms. The molecular weight excluding hydrogens is 358 g/mol. The number of benzene rings is 2. The first-order valence-corrected chi connectivity index (χ1v) is 8.78. The molecule has 0 saturated heterocycles. The smallest absolute Gasteiger partial charge is 0.262 e. The highest BCUT2D eigenvalue weighted by Gasteiger charge is 2.07. The first-order chi connectivity index (χ1) is 13.6. The van der Waals surface area contributed by atoms with Crippen molar-refractivity contribution in [2.45, 2.75) is 19.4 Å². The Labute approximate surface area is 163 Å². The average molecular weight is 381 g/mol. The van der Waals surface area contributed by atoms with Crippen LogP contribution in [-0.4, -0.2) is 24.8 Å². The third-order valence-electron chi connectivity index (χ3n) is 3.78. The lowest BCUT2D eigenvalue weighted by molar-refractivity contribution is -0.129. The van der Waals surface area contributed by atoms with Crippen molar-refractivity contribution in [3.63, 3.8) is 0 Å². The Hall–Kier alpha value is -3.61. The van der Waals surface area contributed by atoms with Gasteiger partial charge in [-0.05, 0) is 29.3 Å². The van der Waals surface area contributed by atoms with E-state index >= 15 is 0 Å². The fraction of sp³-hybridized carbons (Fsp3) is 0.190. The predicted molar refractivity (Wildman–Crippen MR) is 106 cm³/mol. The monoisotopic (exact) mass is 381 g/mol. The van der Waals surface area contributed by atoms with Gasteiger partial charge in [0.15, 0.2) is 0 Å². The molecule has 0 aromatic heterocycles. The van der Waals surface area contributed by atoms with Gasteiger partial charge in [0.2, 0.25) is 11.8 Å². The Kier molecular flexibility index (Phi) is 8.26. The summed E-state index contributed by atoms with van der Waals surface area (Å²) in [6.45, 7) is 0.411. The standard InChI is InChI=1S/C21H23N3O4/c1-28-18-10-7-16(8-11-18)9-12-20(26)23-24-21(27)14-13-19(25)22-15-17-5-3-2-4-6-17/h2-12H,13-15H2,1H3,(H,22,25)(H,23,26)(H,24,27)/b12-9+. The Morgan fingerprint density at radius 1 is 0.893 bits per heavy atom. The van der Waals surface area contributed by atoms with E-state index in [-0.39, 0.29) is 18.7 Å². The Bertz CT molecular complexity index is 817. The molecule has 3 amide bonds. The van der Waals surface area contributed by atoms with Crippen LogP contribution in [0.4, 0.5) is 0 Å². The normalized spacial score (nSPS) is 10.3. The minimum absolute atomic E-state index is 0.0247. The number of hydrogen-bond donors (Lipinski definition) is 3. The van der Waals surface area contributed by atoms with Crippen molar-refractivity contribution in [2.24, 2.45) is 0 Å². The second-order valence-corrected chi connectivity index (χ2v) is 5.91. The maximum atomic E-state index is 11.8. The minimum Gasteiger partial charge on any atom is -0.497 e. The molecule has 0 aliphatic carbocycles. The zero-order valence-electron chi connectivity index (χ0n) is 15.6. The van der Waals surface area contributed by atoms with Crippen molar-refractivity contribution in [3.8, 4) is 5.75 Å². The summed E-state index contributed by atoms with van der Waals surface area (Å²) in [5, 5.41) is 2.74. The average Bonchev–Trinajstić information content (AvgIpc) is 2.74. The summed E-state index contributed by atoms with van der Waals surface area (Å²) in [7, 11) is 1.58. The molecule has 28 heavy (non-hydrogen) atoms. The van der Waals surface area contributed by atoms with E-state index in [1.807, 2.05) is 30.3 Å². The second kappa shape index (κ2) is 11.2. The van der Waals surface area contributed by atoms with Gasteiger partial charge in [-0.3, -0.25) is 25.2 Å². The van der Waals surface area contributed by atoms with Crippen molar-refractivity contribution in [3.05, 3.63) is 71.8 Å². The van der Waals surface area contributed by atoms with Crippen LogP contribution >= 0.6 is 0 Å². The summed E-state index contributed by atoms with van der Waals surface area (Å²) in [6.07, 6.45) is 2.92. The number of amides is 3. The predicted octanol–water partition coefficient (Wildman–Crippen LogP) is 1.95. The molecule has 7 heteroatoms. The maximum Gasteiger partial charge on any atom is 0.262 e. The molecule has 0 heterocycles. The van der Waals surface area contributed by atoms with Crippen LogP contribution in [0.3, 0.4) is 0 Å². The van der Waals surface area contributed by atoms with Crippen molar-refractivity contribution in [1.29, 1.82) is 0 Å². The maximum absolute atomic E-state index is 11.8. The van der Waals surface area contributed by atoms with Gasteiger partial charge in [-0.15, -0.1) is 0 Å². The highest BCUT2D eigenvalue weighted by atomic mass is 16.5. The summed E-state index contributed by atoms with van der Waals surface area (Å²) in [5.41, 5.74) is 6.35. The molecule has 0 aliphatic heterocycles. The molecule has 0 aliphatic rings. The fourth-order valence-electron chi connectivity index (χ4n) is 2.23. The van der Waals surface area contributed by atoms with E-state index in [4.69, 9.17) is 4.74 Å². The van der Waals surface area contributed by atoms with Crippen LogP contribution in [0.5, 0.6) is 5.75 Å². The molecular formula is C21H23N3O4. The third kappa shape index (κ3) is 7.74. The van der Waals surface area contributed by atoms with E-state index < -0.39 is 11.8 Å². The lowest BCUT2D eigenvalue weighted by Gasteiger charge is -2.07. The van der Waals surface area contributed by atoms with Crippen LogP contribution in [0, 0.1) is 0 Å². The summed E-state index contributed by atoms with van der Waals surface area (Å²) in [6, 6.07) is 16.6. The molecule has 0 atom stereocenters. The fourth-order valence-corrected chi connectivity index (χ4v) is 2.23. The lowest BCUT2D eigenvalue weighted by atomic mass is 10.2. The van der Waals surface area contributed by atoms with Crippen LogP contribution in [0.2, 0.25) is 0 Å². The van der Waals surface area contributed by atoms with E-state index in [1.165, 1.54) is 6.08 Å². The SMILES string of the molecule is COc1ccc(/C=C/C(=O)NNC(=O)CCC(=O)NCc2ccccc2)cc1. The van der Waals surface area contributed by atoms with Gasteiger partial charge < -0.3 is 10.1 Å². The summed E-state index contributed by atoms with van der Waals surface area (Å²) < 4.78 is 5.06. The number of hydrogen-bond acceptors (Lipinski definition) is 4. The van der Waals surface area contributed by atoms with Gasteiger partial charge in [0.05, 0.1) is 7.11 Å². The number of hydrazine groups is 1. The molecule has 0 fully saturated rings. The lowest BCUT2D eigenvalue weighted by Crippen LogP contribution is -2.41. The molecule has 3 N–H and O–H groups in total. The molecule has 0 spiro atoms. The summed E-state index contributed by atoms with van der Waals surface area (Å²) >= 11 is 0. The molecule has 0 saturated carbocycles. The molecule has 0 unspecified atom stereocenters. The van der Waals surface area contributed by atoms with Crippen LogP contribution in [-0.2, 0) is 20.9 Å². The van der Waals surface area contributed by atoms with Gasteiger partial charge >= 0.3 is 0 Å². The van der Waals surface area contributed by atoms with Gasteiger partial charge in [-0.25, -0.2) is 0 Å². The first kappa shape index (κ1) is 20.7. The van der Waals surface area contributed by atoms with E-state index in [1.54, 1.807) is 37.5 Å². The van der Waals surface area contributed by atoms with Gasteiger partial charge in [-0.2, -0.15) is 0 Å². The van der Waals surface area contributed by atoms with Gasteiger partial charge in [-0.1, -0.05) is 42.5 Å². The number of carbonyl (C=O) groups excluding carboxylic acids is 3. The largest absolute Gasteiger partial charge is 0.497 e. The van der Waals surface area contributed by atoms with Crippen LogP contribution < -0.4 is 20.9 Å². The minimum atomic E-state index is -0.474. The molecule has 146 valence electrons. The van der Waals surface area contributed by atoms with E-state index in [9.17, 15) is 14.4 Å². The van der Waals surface area contributed by atoms with Gasteiger partial charge in [0.1, 0.15) is 5.75 Å².